The van der Waals surface area contributed by atoms with Crippen molar-refractivity contribution >= 4 is 43.5 Å². The standard InChI is InChI=1S/C26H24O/c1-15-14-16(2)24(26(3,4)5)25-22(15)23-20-11-10-17-8-6-7-9-18(17)19(20)12-13-21(23)27-25/h6-14H,1-5H3/i1D3. The fourth-order valence-corrected chi connectivity index (χ4v) is 4.59. The van der Waals surface area contributed by atoms with Crippen LogP contribution in [0, 0.1) is 13.8 Å². The predicted octanol–water partition coefficient (Wildman–Crippen LogP) is 7.81. The Morgan fingerprint density at radius 3 is 2.37 bits per heavy atom. The third kappa shape index (κ3) is 2.24. The monoisotopic (exact) mass is 355 g/mol. The maximum absolute atomic E-state index is 8.22. The molecule has 134 valence electrons. The smallest absolute Gasteiger partial charge is 0.139 e. The molecule has 27 heavy (non-hydrogen) atoms. The van der Waals surface area contributed by atoms with Crippen LogP contribution in [0.1, 0.15) is 41.6 Å². The van der Waals surface area contributed by atoms with E-state index in [9.17, 15) is 0 Å². The minimum Gasteiger partial charge on any atom is -0.456 e. The van der Waals surface area contributed by atoms with Gasteiger partial charge in [-0.05, 0) is 57.9 Å². The third-order valence-electron chi connectivity index (χ3n) is 5.58. The van der Waals surface area contributed by atoms with Gasteiger partial charge in [-0.2, -0.15) is 0 Å². The highest BCUT2D eigenvalue weighted by molar-refractivity contribution is 6.24. The lowest BCUT2D eigenvalue weighted by atomic mass is 9.82. The highest BCUT2D eigenvalue weighted by Gasteiger charge is 2.25. The van der Waals surface area contributed by atoms with Crippen molar-refractivity contribution in [3.8, 4) is 0 Å². The Kier molecular flexibility index (Phi) is 2.65. The van der Waals surface area contributed by atoms with Crippen LogP contribution in [-0.2, 0) is 5.41 Å². The molecule has 5 rings (SSSR count). The first-order valence-corrected chi connectivity index (χ1v) is 9.38. The van der Waals surface area contributed by atoms with Crippen molar-refractivity contribution in [2.75, 3.05) is 0 Å². The normalized spacial score (nSPS) is 14.7. The van der Waals surface area contributed by atoms with Gasteiger partial charge in [0.25, 0.3) is 0 Å². The van der Waals surface area contributed by atoms with Gasteiger partial charge in [-0.1, -0.05) is 69.3 Å². The van der Waals surface area contributed by atoms with Crippen LogP contribution >= 0.6 is 0 Å². The summed E-state index contributed by atoms with van der Waals surface area (Å²) in [6, 6.07) is 18.4. The van der Waals surface area contributed by atoms with Crippen LogP contribution in [0.2, 0.25) is 0 Å². The first kappa shape index (κ1) is 13.4. The fourth-order valence-electron chi connectivity index (χ4n) is 4.59. The Balaban J connectivity index is 2.08. The molecule has 0 N–H and O–H groups in total. The molecular formula is C26H24O. The molecule has 0 aliphatic carbocycles. The molecule has 0 fully saturated rings. The van der Waals surface area contributed by atoms with E-state index in [2.05, 4.69) is 51.1 Å². The van der Waals surface area contributed by atoms with Crippen LogP contribution in [0.4, 0.5) is 0 Å². The molecule has 1 heteroatoms. The van der Waals surface area contributed by atoms with Crippen LogP contribution in [0.25, 0.3) is 43.5 Å². The molecule has 0 aliphatic rings. The Bertz CT molecular complexity index is 1460. The molecule has 0 atom stereocenters. The Hall–Kier alpha value is -2.80. The number of benzene rings is 4. The molecule has 5 aromatic rings. The van der Waals surface area contributed by atoms with E-state index in [4.69, 9.17) is 8.53 Å². The minimum absolute atomic E-state index is 0.175. The second-order valence-corrected chi connectivity index (χ2v) is 8.49. The summed E-state index contributed by atoms with van der Waals surface area (Å²) in [6.45, 7) is 6.18. The van der Waals surface area contributed by atoms with Crippen molar-refractivity contribution in [2.45, 2.75) is 40.0 Å². The average molecular weight is 355 g/mol. The van der Waals surface area contributed by atoms with Crippen molar-refractivity contribution in [1.29, 1.82) is 0 Å². The molecule has 1 aromatic heterocycles. The lowest BCUT2D eigenvalue weighted by Crippen LogP contribution is -2.13. The SMILES string of the molecule is [2H]C([2H])([2H])c1cc(C)c(C(C)(C)C)c2oc3ccc4c5ccccc5ccc4c3c12. The zero-order valence-electron chi connectivity index (χ0n) is 19.1. The molecule has 0 bridgehead atoms. The van der Waals surface area contributed by atoms with E-state index in [1.54, 1.807) is 0 Å². The molecule has 0 aliphatic heterocycles. The predicted molar refractivity (Wildman–Crippen MR) is 117 cm³/mol. The van der Waals surface area contributed by atoms with Crippen molar-refractivity contribution in [3.05, 3.63) is 71.3 Å². The number of furan rings is 1. The molecule has 0 radical (unpaired) electrons. The summed E-state index contributed by atoms with van der Waals surface area (Å²) in [5.41, 5.74) is 3.64. The summed E-state index contributed by atoms with van der Waals surface area (Å²) in [7, 11) is 0. The molecule has 0 saturated carbocycles. The lowest BCUT2D eigenvalue weighted by Gasteiger charge is -2.22. The number of fused-ring (bicyclic) bond motifs is 7. The van der Waals surface area contributed by atoms with E-state index in [0.29, 0.717) is 11.1 Å². The zero-order chi connectivity index (χ0) is 21.4. The van der Waals surface area contributed by atoms with Gasteiger partial charge in [0.2, 0.25) is 0 Å². The van der Waals surface area contributed by atoms with Crippen LogP contribution < -0.4 is 0 Å². The average Bonchev–Trinajstić information content (AvgIpc) is 3.04. The van der Waals surface area contributed by atoms with Crippen molar-refractivity contribution in [2.24, 2.45) is 0 Å². The van der Waals surface area contributed by atoms with Gasteiger partial charge in [0, 0.05) is 20.4 Å². The summed E-state index contributed by atoms with van der Waals surface area (Å²) >= 11 is 0. The van der Waals surface area contributed by atoms with Crippen LogP contribution in [0.15, 0.2) is 59.0 Å². The molecule has 1 heterocycles. The van der Waals surface area contributed by atoms with Crippen molar-refractivity contribution in [3.63, 3.8) is 0 Å². The van der Waals surface area contributed by atoms with Crippen molar-refractivity contribution in [1.82, 2.24) is 0 Å². The van der Waals surface area contributed by atoms with Crippen LogP contribution in [0.5, 0.6) is 0 Å². The lowest BCUT2D eigenvalue weighted by molar-refractivity contribution is 0.569. The van der Waals surface area contributed by atoms with E-state index >= 15 is 0 Å². The highest BCUT2D eigenvalue weighted by Crippen LogP contribution is 2.43. The summed E-state index contributed by atoms with van der Waals surface area (Å²) in [6.07, 6.45) is 0. The van der Waals surface area contributed by atoms with Crippen LogP contribution in [0.3, 0.4) is 0 Å². The maximum Gasteiger partial charge on any atom is 0.139 e. The molecule has 1 nitrogen and oxygen atoms in total. The zero-order valence-corrected chi connectivity index (χ0v) is 16.1. The van der Waals surface area contributed by atoms with Crippen LogP contribution in [-0.4, -0.2) is 0 Å². The topological polar surface area (TPSA) is 13.1 Å². The quantitative estimate of drug-likeness (QED) is 0.258. The summed E-state index contributed by atoms with van der Waals surface area (Å²) in [4.78, 5) is 0. The van der Waals surface area contributed by atoms with Crippen molar-refractivity contribution < 1.29 is 8.53 Å². The first-order valence-electron chi connectivity index (χ1n) is 10.9. The van der Waals surface area contributed by atoms with E-state index in [-0.39, 0.29) is 5.41 Å². The van der Waals surface area contributed by atoms with Gasteiger partial charge in [0.05, 0.1) is 0 Å². The summed E-state index contributed by atoms with van der Waals surface area (Å²) in [5.74, 6) is 0. The molecular weight excluding hydrogens is 328 g/mol. The van der Waals surface area contributed by atoms with Gasteiger partial charge < -0.3 is 4.42 Å². The number of rotatable bonds is 0. The number of hydrogen-bond acceptors (Lipinski definition) is 1. The second kappa shape index (κ2) is 5.36. The molecule has 0 unspecified atom stereocenters. The Labute approximate surface area is 163 Å². The molecule has 0 saturated heterocycles. The van der Waals surface area contributed by atoms with E-state index in [0.717, 1.165) is 43.6 Å². The Morgan fingerprint density at radius 2 is 1.59 bits per heavy atom. The van der Waals surface area contributed by atoms with E-state index < -0.39 is 6.85 Å². The third-order valence-corrected chi connectivity index (χ3v) is 5.58. The highest BCUT2D eigenvalue weighted by atomic mass is 16.3. The van der Waals surface area contributed by atoms with Gasteiger partial charge in [0.1, 0.15) is 11.2 Å². The van der Waals surface area contributed by atoms with E-state index in [1.165, 1.54) is 5.39 Å². The number of aryl methyl sites for hydroxylation is 2. The van der Waals surface area contributed by atoms with Gasteiger partial charge >= 0.3 is 0 Å². The summed E-state index contributed by atoms with van der Waals surface area (Å²) < 4.78 is 31.1. The largest absolute Gasteiger partial charge is 0.456 e. The maximum atomic E-state index is 8.22. The van der Waals surface area contributed by atoms with Gasteiger partial charge in [-0.15, -0.1) is 0 Å². The first-order chi connectivity index (χ1) is 14.1. The van der Waals surface area contributed by atoms with Gasteiger partial charge in [-0.25, -0.2) is 0 Å². The van der Waals surface area contributed by atoms with Gasteiger partial charge in [0.15, 0.2) is 0 Å². The second-order valence-electron chi connectivity index (χ2n) is 8.49. The van der Waals surface area contributed by atoms with E-state index in [1.807, 2.05) is 31.2 Å². The fraction of sp³-hybridized carbons (Fsp3) is 0.231. The van der Waals surface area contributed by atoms with Gasteiger partial charge in [-0.3, -0.25) is 0 Å². The number of hydrogen-bond donors (Lipinski definition) is 0. The molecule has 0 amide bonds. The summed E-state index contributed by atoms with van der Waals surface area (Å²) in [5, 5.41) is 6.08. The Morgan fingerprint density at radius 1 is 0.815 bits per heavy atom. The molecule has 0 spiro atoms. The minimum atomic E-state index is -2.23. The molecule has 4 aromatic carbocycles.